The van der Waals surface area contributed by atoms with Crippen molar-refractivity contribution < 1.29 is 4.79 Å². The van der Waals surface area contributed by atoms with E-state index in [1.54, 1.807) is 16.2 Å². The van der Waals surface area contributed by atoms with Crippen LogP contribution in [0.1, 0.15) is 54.6 Å². The Morgan fingerprint density at radius 2 is 2.07 bits per heavy atom. The first-order chi connectivity index (χ1) is 13.4. The smallest absolute Gasteiger partial charge is 0.259 e. The number of aryl methyl sites for hydroxylation is 2. The van der Waals surface area contributed by atoms with Crippen LogP contribution in [0.3, 0.4) is 0 Å². The second kappa shape index (κ2) is 7.57. The number of thioether (sulfide) groups is 1. The van der Waals surface area contributed by atoms with Gasteiger partial charge < -0.3 is 4.98 Å². The largest absolute Gasteiger partial charge is 0.309 e. The molecule has 0 aromatic carbocycles. The van der Waals surface area contributed by atoms with Crippen molar-refractivity contribution in [3.8, 4) is 0 Å². The van der Waals surface area contributed by atoms with Gasteiger partial charge in [0.05, 0.1) is 10.6 Å². The molecule has 1 aliphatic rings. The maximum absolute atomic E-state index is 12.5. The monoisotopic (exact) mass is 435 g/mol. The molecule has 1 amide bonds. The van der Waals surface area contributed by atoms with E-state index in [4.69, 9.17) is 0 Å². The summed E-state index contributed by atoms with van der Waals surface area (Å²) in [5.41, 5.74) is 0.899. The number of anilines is 1. The van der Waals surface area contributed by atoms with Gasteiger partial charge in [0.2, 0.25) is 11.0 Å². The molecule has 0 spiro atoms. The van der Waals surface area contributed by atoms with Gasteiger partial charge in [0.1, 0.15) is 10.7 Å². The zero-order chi connectivity index (χ0) is 20.0. The lowest BCUT2D eigenvalue weighted by atomic mass is 10.2. The Balaban J connectivity index is 1.57. The second-order valence-electron chi connectivity index (χ2n) is 6.87. The van der Waals surface area contributed by atoms with Crippen molar-refractivity contribution in [2.45, 2.75) is 62.6 Å². The van der Waals surface area contributed by atoms with Crippen molar-refractivity contribution in [2.24, 2.45) is 0 Å². The predicted molar refractivity (Wildman–Crippen MR) is 115 cm³/mol. The summed E-state index contributed by atoms with van der Waals surface area (Å²) in [5, 5.41) is 9.74. The van der Waals surface area contributed by atoms with E-state index in [9.17, 15) is 9.59 Å². The van der Waals surface area contributed by atoms with Gasteiger partial charge in [-0.3, -0.25) is 14.5 Å². The number of aromatic nitrogens is 4. The van der Waals surface area contributed by atoms with Gasteiger partial charge in [-0.2, -0.15) is 0 Å². The molecule has 1 atom stereocenters. The van der Waals surface area contributed by atoms with Gasteiger partial charge in [0.25, 0.3) is 5.56 Å². The van der Waals surface area contributed by atoms with Crippen molar-refractivity contribution in [1.82, 2.24) is 20.2 Å². The molecule has 28 heavy (non-hydrogen) atoms. The molecule has 3 heterocycles. The van der Waals surface area contributed by atoms with Crippen LogP contribution in [0.2, 0.25) is 0 Å². The van der Waals surface area contributed by atoms with E-state index in [-0.39, 0.29) is 22.8 Å². The van der Waals surface area contributed by atoms with E-state index < -0.39 is 0 Å². The normalized spacial score (nSPS) is 15.1. The van der Waals surface area contributed by atoms with Crippen molar-refractivity contribution >= 4 is 55.7 Å². The van der Waals surface area contributed by atoms with E-state index in [2.05, 4.69) is 20.2 Å². The summed E-state index contributed by atoms with van der Waals surface area (Å²) in [6.07, 6.45) is 2.50. The van der Waals surface area contributed by atoms with Gasteiger partial charge >= 0.3 is 0 Å². The first kappa shape index (κ1) is 19.5. The molecule has 1 fully saturated rings. The zero-order valence-electron chi connectivity index (χ0n) is 16.1. The van der Waals surface area contributed by atoms with Gasteiger partial charge in [0, 0.05) is 17.3 Å². The van der Waals surface area contributed by atoms with Crippen LogP contribution in [0, 0.1) is 13.8 Å². The summed E-state index contributed by atoms with van der Waals surface area (Å²) in [7, 11) is 0. The lowest BCUT2D eigenvalue weighted by molar-refractivity contribution is -0.118. The standard InChI is InChI=1S/C18H21N5O2S3/c1-5-12(24)23(11-6-7-11)17-21-22-18(28-17)27-10(4)14-19-15(25)13-8(2)9(3)26-16(13)20-14/h10-11H,5-7H2,1-4H3,(H,19,20,25). The molecule has 1 N–H and O–H groups in total. The third-order valence-electron chi connectivity index (χ3n) is 4.81. The number of aromatic amines is 1. The molecule has 3 aromatic heterocycles. The van der Waals surface area contributed by atoms with Crippen molar-refractivity contribution in [3.63, 3.8) is 0 Å². The molecule has 1 saturated carbocycles. The average molecular weight is 436 g/mol. The zero-order valence-corrected chi connectivity index (χ0v) is 18.6. The number of fused-ring (bicyclic) bond motifs is 1. The molecular weight excluding hydrogens is 414 g/mol. The van der Waals surface area contributed by atoms with E-state index in [0.717, 1.165) is 32.5 Å². The van der Waals surface area contributed by atoms with Crippen LogP contribution in [0.25, 0.3) is 10.2 Å². The van der Waals surface area contributed by atoms with Crippen LogP contribution < -0.4 is 10.5 Å². The first-order valence-corrected chi connectivity index (χ1v) is 11.7. The minimum atomic E-state index is -0.0966. The van der Waals surface area contributed by atoms with Crippen molar-refractivity contribution in [2.75, 3.05) is 4.90 Å². The quantitative estimate of drug-likeness (QED) is 0.461. The summed E-state index contributed by atoms with van der Waals surface area (Å²) in [6.45, 7) is 7.81. The summed E-state index contributed by atoms with van der Waals surface area (Å²) in [5.74, 6) is 0.715. The van der Waals surface area contributed by atoms with Crippen LogP contribution in [0.15, 0.2) is 9.13 Å². The Hall–Kier alpha value is -1.78. The van der Waals surface area contributed by atoms with E-state index in [1.807, 2.05) is 27.7 Å². The fraction of sp³-hybridized carbons (Fsp3) is 0.500. The highest BCUT2D eigenvalue weighted by Crippen LogP contribution is 2.40. The number of hydrogen-bond acceptors (Lipinski definition) is 8. The van der Waals surface area contributed by atoms with E-state index >= 15 is 0 Å². The maximum atomic E-state index is 12.5. The Morgan fingerprint density at radius 3 is 2.75 bits per heavy atom. The molecule has 0 saturated heterocycles. The summed E-state index contributed by atoms with van der Waals surface area (Å²) < 4.78 is 0.762. The average Bonchev–Trinajstić information content (AvgIpc) is 3.31. The number of amides is 1. The number of thiophene rings is 1. The number of carbonyl (C=O) groups is 1. The highest BCUT2D eigenvalue weighted by atomic mass is 32.2. The van der Waals surface area contributed by atoms with Crippen LogP contribution in [0.5, 0.6) is 0 Å². The second-order valence-corrected chi connectivity index (χ2v) is 10.6. The van der Waals surface area contributed by atoms with Crippen LogP contribution in [0.4, 0.5) is 5.13 Å². The molecule has 4 rings (SSSR count). The third kappa shape index (κ3) is 3.60. The minimum absolute atomic E-state index is 0.0862. The molecule has 0 aliphatic heterocycles. The number of nitrogens with one attached hydrogen (secondary N) is 1. The molecule has 7 nitrogen and oxygen atoms in total. The fourth-order valence-corrected chi connectivity index (χ4v) is 6.16. The Bertz CT molecular complexity index is 1100. The maximum Gasteiger partial charge on any atom is 0.259 e. The van der Waals surface area contributed by atoms with Gasteiger partial charge in [-0.05, 0) is 39.2 Å². The lowest BCUT2D eigenvalue weighted by Crippen LogP contribution is -2.32. The highest BCUT2D eigenvalue weighted by Gasteiger charge is 2.35. The fourth-order valence-electron chi connectivity index (χ4n) is 2.99. The highest BCUT2D eigenvalue weighted by molar-refractivity contribution is 8.01. The number of nitrogens with zero attached hydrogens (tertiary/aromatic N) is 4. The third-order valence-corrected chi connectivity index (χ3v) is 8.02. The van der Waals surface area contributed by atoms with Crippen LogP contribution >= 0.6 is 34.4 Å². The first-order valence-electron chi connectivity index (χ1n) is 9.21. The summed E-state index contributed by atoms with van der Waals surface area (Å²) in [6, 6.07) is 0.265. The van der Waals surface area contributed by atoms with Gasteiger partial charge in [-0.1, -0.05) is 30.0 Å². The molecule has 148 valence electrons. The summed E-state index contributed by atoms with van der Waals surface area (Å²) in [4.78, 5) is 36.0. The van der Waals surface area contributed by atoms with Crippen molar-refractivity contribution in [3.05, 3.63) is 26.6 Å². The molecule has 3 aromatic rings. The molecule has 0 radical (unpaired) electrons. The number of rotatable bonds is 6. The Labute approximate surface area is 174 Å². The number of H-pyrrole nitrogens is 1. The van der Waals surface area contributed by atoms with E-state index in [0.29, 0.717) is 22.8 Å². The van der Waals surface area contributed by atoms with Gasteiger partial charge in [-0.25, -0.2) is 4.98 Å². The van der Waals surface area contributed by atoms with E-state index in [1.165, 1.54) is 23.1 Å². The minimum Gasteiger partial charge on any atom is -0.309 e. The number of carbonyl (C=O) groups excluding carboxylic acids is 1. The molecule has 1 unspecified atom stereocenters. The Morgan fingerprint density at radius 1 is 1.32 bits per heavy atom. The van der Waals surface area contributed by atoms with Crippen LogP contribution in [-0.2, 0) is 4.79 Å². The number of hydrogen-bond donors (Lipinski definition) is 1. The summed E-state index contributed by atoms with van der Waals surface area (Å²) >= 11 is 4.46. The molecular formula is C18H21N5O2S3. The van der Waals surface area contributed by atoms with Crippen LogP contribution in [-0.4, -0.2) is 32.1 Å². The topological polar surface area (TPSA) is 91.8 Å². The lowest BCUT2D eigenvalue weighted by Gasteiger charge is -2.17. The molecule has 10 heteroatoms. The van der Waals surface area contributed by atoms with Gasteiger partial charge in [0.15, 0.2) is 4.34 Å². The molecule has 1 aliphatic carbocycles. The molecule has 0 bridgehead atoms. The predicted octanol–water partition coefficient (Wildman–Crippen LogP) is 4.21. The Kier molecular flexibility index (Phi) is 5.28. The van der Waals surface area contributed by atoms with Crippen molar-refractivity contribution in [1.29, 1.82) is 0 Å². The SMILES string of the molecule is CCC(=O)N(c1nnc(SC(C)c2nc3sc(C)c(C)c3c(=O)[nH]2)s1)C1CC1. The van der Waals surface area contributed by atoms with Gasteiger partial charge in [-0.15, -0.1) is 21.5 Å².